The number of anilines is 1. The second-order valence-electron chi connectivity index (χ2n) is 8.63. The average molecular weight is 493 g/mol. The van der Waals surface area contributed by atoms with Crippen molar-refractivity contribution in [3.8, 4) is 5.75 Å². The Morgan fingerprint density at radius 3 is 2.69 bits per heavy atom. The fourth-order valence-electron chi connectivity index (χ4n) is 4.32. The molecule has 1 aliphatic carbocycles. The molecule has 6 nitrogen and oxygen atoms in total. The van der Waals surface area contributed by atoms with E-state index in [1.807, 2.05) is 25.1 Å². The van der Waals surface area contributed by atoms with Gasteiger partial charge in [0.2, 0.25) is 5.76 Å². The van der Waals surface area contributed by atoms with Gasteiger partial charge in [0.05, 0.1) is 17.0 Å². The van der Waals surface area contributed by atoms with E-state index in [1.165, 1.54) is 12.1 Å². The molecule has 0 spiro atoms. The third-order valence-corrected chi connectivity index (χ3v) is 6.05. The van der Waals surface area contributed by atoms with Gasteiger partial charge >= 0.3 is 12.1 Å². The van der Waals surface area contributed by atoms with E-state index in [-0.39, 0.29) is 11.4 Å². The number of furan rings is 1. The third-order valence-electron chi connectivity index (χ3n) is 6.05. The van der Waals surface area contributed by atoms with E-state index in [0.29, 0.717) is 46.7 Å². The molecule has 9 heteroatoms. The van der Waals surface area contributed by atoms with Gasteiger partial charge in [-0.25, -0.2) is 9.78 Å². The minimum Gasteiger partial charge on any atom is -0.453 e. The van der Waals surface area contributed by atoms with Gasteiger partial charge in [-0.15, -0.1) is 0 Å². The van der Waals surface area contributed by atoms with Crippen LogP contribution in [-0.2, 0) is 12.6 Å². The Hall–Kier alpha value is -4.14. The maximum atomic E-state index is 13.1. The predicted molar refractivity (Wildman–Crippen MR) is 129 cm³/mol. The standard InChI is InChI=1S/C27H22F3N3O3/c1-15-12-13-17-6-3-11-22(24(17)31-15)36-26(34)25-16(2)23-20(9-5-10-21(23)35-25)33-32-19-8-4-7-18(14-19)27(28,29)30/h3-4,6-8,11-14,32H,5,9-10H2,1-2H3/b33-20+. The summed E-state index contributed by atoms with van der Waals surface area (Å²) in [5, 5.41) is 5.21. The van der Waals surface area contributed by atoms with Gasteiger partial charge in [-0.3, -0.25) is 5.43 Å². The average Bonchev–Trinajstić information content (AvgIpc) is 3.20. The molecule has 5 rings (SSSR count). The summed E-state index contributed by atoms with van der Waals surface area (Å²) in [5.41, 5.74) is 5.40. The molecule has 0 atom stereocenters. The van der Waals surface area contributed by atoms with Crippen LogP contribution in [-0.4, -0.2) is 16.7 Å². The summed E-state index contributed by atoms with van der Waals surface area (Å²) in [6.07, 6.45) is -2.52. The Morgan fingerprint density at radius 1 is 1.08 bits per heavy atom. The topological polar surface area (TPSA) is 76.7 Å². The molecule has 0 fully saturated rings. The van der Waals surface area contributed by atoms with Crippen LogP contribution in [0.15, 0.2) is 64.1 Å². The predicted octanol–water partition coefficient (Wildman–Crippen LogP) is 6.84. The van der Waals surface area contributed by atoms with Gasteiger partial charge in [-0.1, -0.05) is 24.3 Å². The van der Waals surface area contributed by atoms with Gasteiger partial charge in [0, 0.05) is 28.6 Å². The second-order valence-corrected chi connectivity index (χ2v) is 8.63. The van der Waals surface area contributed by atoms with Crippen molar-refractivity contribution < 1.29 is 27.1 Å². The highest BCUT2D eigenvalue weighted by atomic mass is 19.4. The number of esters is 1. The van der Waals surface area contributed by atoms with Gasteiger partial charge in [0.15, 0.2) is 5.75 Å². The van der Waals surface area contributed by atoms with Crippen molar-refractivity contribution in [1.82, 2.24) is 4.98 Å². The number of carbonyl (C=O) groups is 1. The lowest BCUT2D eigenvalue weighted by atomic mass is 9.93. The number of nitrogens with one attached hydrogen (secondary N) is 1. The fourth-order valence-corrected chi connectivity index (χ4v) is 4.32. The largest absolute Gasteiger partial charge is 0.453 e. The first-order valence-electron chi connectivity index (χ1n) is 11.4. The van der Waals surface area contributed by atoms with Gasteiger partial charge in [-0.2, -0.15) is 18.3 Å². The van der Waals surface area contributed by atoms with Crippen LogP contribution in [0, 0.1) is 13.8 Å². The van der Waals surface area contributed by atoms with Crippen LogP contribution >= 0.6 is 0 Å². The molecule has 2 aromatic heterocycles. The minimum atomic E-state index is -4.45. The first kappa shape index (κ1) is 23.6. The summed E-state index contributed by atoms with van der Waals surface area (Å²) in [4.78, 5) is 17.6. The molecule has 0 radical (unpaired) electrons. The summed E-state index contributed by atoms with van der Waals surface area (Å²) in [6, 6.07) is 14.0. The van der Waals surface area contributed by atoms with Crippen LogP contribution in [0.25, 0.3) is 10.9 Å². The molecule has 0 saturated carbocycles. The number of hydrazone groups is 1. The summed E-state index contributed by atoms with van der Waals surface area (Å²) in [6.45, 7) is 3.60. The van der Waals surface area contributed by atoms with Crippen LogP contribution in [0.5, 0.6) is 5.75 Å². The van der Waals surface area contributed by atoms with E-state index in [4.69, 9.17) is 9.15 Å². The number of carbonyl (C=O) groups excluding carboxylic acids is 1. The number of hydrogen-bond donors (Lipinski definition) is 1. The highest BCUT2D eigenvalue weighted by Gasteiger charge is 2.31. The Labute approximate surface area is 204 Å². The van der Waals surface area contributed by atoms with Crippen LogP contribution < -0.4 is 10.2 Å². The zero-order valence-electron chi connectivity index (χ0n) is 19.6. The molecule has 0 unspecified atom stereocenters. The van der Waals surface area contributed by atoms with Crippen molar-refractivity contribution >= 4 is 28.3 Å². The lowest BCUT2D eigenvalue weighted by Crippen LogP contribution is -2.14. The highest BCUT2D eigenvalue weighted by Crippen LogP contribution is 2.33. The number of rotatable bonds is 4. The van der Waals surface area contributed by atoms with Crippen LogP contribution in [0.2, 0.25) is 0 Å². The molecule has 184 valence electrons. The molecule has 2 heterocycles. The van der Waals surface area contributed by atoms with Gasteiger partial charge in [-0.05, 0) is 57.0 Å². The van der Waals surface area contributed by atoms with E-state index < -0.39 is 17.7 Å². The molecule has 0 amide bonds. The van der Waals surface area contributed by atoms with Crippen molar-refractivity contribution in [2.24, 2.45) is 5.10 Å². The number of alkyl halides is 3. The molecular weight excluding hydrogens is 471 g/mol. The SMILES string of the molecule is Cc1ccc2cccc(OC(=O)c3oc4c(c3C)/C(=N/Nc3cccc(C(F)(F)F)c3)CCC4)c2n1. The number of aryl methyl sites for hydroxylation is 2. The maximum absolute atomic E-state index is 13.1. The van der Waals surface area contributed by atoms with E-state index >= 15 is 0 Å². The monoisotopic (exact) mass is 493 g/mol. The van der Waals surface area contributed by atoms with E-state index in [0.717, 1.165) is 29.6 Å². The first-order chi connectivity index (χ1) is 17.2. The first-order valence-corrected chi connectivity index (χ1v) is 11.4. The lowest BCUT2D eigenvalue weighted by Gasteiger charge is -2.14. The Bertz CT molecular complexity index is 1510. The van der Waals surface area contributed by atoms with Gasteiger partial charge < -0.3 is 9.15 Å². The van der Waals surface area contributed by atoms with Crippen molar-refractivity contribution in [1.29, 1.82) is 0 Å². The summed E-state index contributed by atoms with van der Waals surface area (Å²) < 4.78 is 50.7. The Morgan fingerprint density at radius 2 is 1.89 bits per heavy atom. The normalized spacial score (nSPS) is 14.6. The molecule has 0 aliphatic heterocycles. The molecule has 0 saturated heterocycles. The number of aromatic nitrogens is 1. The second kappa shape index (κ2) is 9.14. The number of benzene rings is 2. The number of fused-ring (bicyclic) bond motifs is 2. The molecule has 36 heavy (non-hydrogen) atoms. The van der Waals surface area contributed by atoms with E-state index in [1.54, 1.807) is 19.1 Å². The number of para-hydroxylation sites is 1. The third kappa shape index (κ3) is 4.56. The number of ether oxygens (including phenoxy) is 1. The number of nitrogens with zero attached hydrogens (tertiary/aromatic N) is 2. The Kier molecular flexibility index (Phi) is 5.99. The van der Waals surface area contributed by atoms with Crippen molar-refractivity contribution in [2.45, 2.75) is 39.3 Å². The van der Waals surface area contributed by atoms with Crippen LogP contribution in [0.3, 0.4) is 0 Å². The number of halogens is 3. The van der Waals surface area contributed by atoms with Crippen LogP contribution in [0.1, 0.15) is 51.5 Å². The van der Waals surface area contributed by atoms with Gasteiger partial charge in [0.1, 0.15) is 11.3 Å². The molecule has 1 N–H and O–H groups in total. The lowest BCUT2D eigenvalue weighted by molar-refractivity contribution is -0.137. The number of hydrogen-bond acceptors (Lipinski definition) is 6. The quantitative estimate of drug-likeness (QED) is 0.191. The van der Waals surface area contributed by atoms with Crippen molar-refractivity contribution in [3.05, 3.63) is 88.5 Å². The molecule has 4 aromatic rings. The minimum absolute atomic E-state index is 0.0679. The summed E-state index contributed by atoms with van der Waals surface area (Å²) >= 11 is 0. The number of pyridine rings is 1. The van der Waals surface area contributed by atoms with E-state index in [9.17, 15) is 18.0 Å². The molecule has 2 aromatic carbocycles. The zero-order valence-corrected chi connectivity index (χ0v) is 19.6. The Balaban J connectivity index is 1.43. The van der Waals surface area contributed by atoms with Crippen molar-refractivity contribution in [2.75, 3.05) is 5.43 Å². The summed E-state index contributed by atoms with van der Waals surface area (Å²) in [7, 11) is 0. The molecular formula is C27H22F3N3O3. The zero-order chi connectivity index (χ0) is 25.4. The maximum Gasteiger partial charge on any atom is 0.416 e. The molecule has 0 bridgehead atoms. The smallest absolute Gasteiger partial charge is 0.416 e. The van der Waals surface area contributed by atoms with Gasteiger partial charge in [0.25, 0.3) is 0 Å². The molecule has 1 aliphatic rings. The fraction of sp³-hybridized carbons (Fsp3) is 0.222. The van der Waals surface area contributed by atoms with Crippen molar-refractivity contribution in [3.63, 3.8) is 0 Å². The van der Waals surface area contributed by atoms with E-state index in [2.05, 4.69) is 15.5 Å². The highest BCUT2D eigenvalue weighted by molar-refractivity contribution is 6.06. The van der Waals surface area contributed by atoms with Crippen LogP contribution in [0.4, 0.5) is 18.9 Å². The summed E-state index contributed by atoms with van der Waals surface area (Å²) in [5.74, 6) is 0.346.